The first-order valence-electron chi connectivity index (χ1n) is 5.41. The highest BCUT2D eigenvalue weighted by Crippen LogP contribution is 2.19. The molecule has 8 heteroatoms. The van der Waals surface area contributed by atoms with Crippen molar-refractivity contribution in [3.05, 3.63) is 35.7 Å². The molecular weight excluding hydrogens is 250 g/mol. The molecule has 2 rings (SSSR count). The lowest BCUT2D eigenvalue weighted by molar-refractivity contribution is -0.116. The van der Waals surface area contributed by atoms with Gasteiger partial charge >= 0.3 is 5.97 Å². The number of nitrogens with one attached hydrogen (secondary N) is 1. The van der Waals surface area contributed by atoms with E-state index in [0.717, 1.165) is 0 Å². The summed E-state index contributed by atoms with van der Waals surface area (Å²) in [5.74, 6) is -1.49. The van der Waals surface area contributed by atoms with Crippen LogP contribution in [0.5, 0.6) is 0 Å². The predicted molar refractivity (Wildman–Crippen MR) is 64.6 cm³/mol. The van der Waals surface area contributed by atoms with Crippen molar-refractivity contribution in [1.82, 2.24) is 20.2 Å². The first-order chi connectivity index (χ1) is 9.08. The number of carboxylic acid groups (broad SMARTS) is 1. The Morgan fingerprint density at radius 3 is 2.84 bits per heavy atom. The van der Waals surface area contributed by atoms with Gasteiger partial charge in [0, 0.05) is 0 Å². The zero-order valence-corrected chi connectivity index (χ0v) is 10.1. The van der Waals surface area contributed by atoms with Gasteiger partial charge in [0.15, 0.2) is 0 Å². The molecule has 0 atom stereocenters. The molecule has 0 spiro atoms. The van der Waals surface area contributed by atoms with Gasteiger partial charge in [0.1, 0.15) is 12.9 Å². The zero-order chi connectivity index (χ0) is 13.8. The molecule has 0 fully saturated rings. The Morgan fingerprint density at radius 2 is 2.21 bits per heavy atom. The number of carbonyl (C=O) groups excluding carboxylic acids is 1. The molecule has 98 valence electrons. The number of nitrogens with zero attached hydrogens (tertiary/aromatic N) is 4. The van der Waals surface area contributed by atoms with E-state index in [2.05, 4.69) is 20.8 Å². The Hall–Kier alpha value is -2.77. The van der Waals surface area contributed by atoms with Crippen molar-refractivity contribution in [3.8, 4) is 0 Å². The number of hydrogen-bond donors (Lipinski definition) is 2. The van der Waals surface area contributed by atoms with Crippen molar-refractivity contribution in [2.24, 2.45) is 0 Å². The Kier molecular flexibility index (Phi) is 3.51. The fourth-order valence-corrected chi connectivity index (χ4v) is 1.65. The molecule has 1 aromatic heterocycles. The monoisotopic (exact) mass is 261 g/mol. The van der Waals surface area contributed by atoms with Crippen molar-refractivity contribution >= 4 is 17.6 Å². The van der Waals surface area contributed by atoms with Crippen molar-refractivity contribution in [2.75, 3.05) is 5.32 Å². The maximum Gasteiger partial charge on any atom is 0.338 e. The number of aromatic nitrogens is 4. The van der Waals surface area contributed by atoms with Gasteiger partial charge in [-0.1, -0.05) is 12.1 Å². The topological polar surface area (TPSA) is 110 Å². The third-order valence-electron chi connectivity index (χ3n) is 2.46. The minimum Gasteiger partial charge on any atom is -0.478 e. The highest BCUT2D eigenvalue weighted by molar-refractivity contribution is 6.01. The van der Waals surface area contributed by atoms with Crippen molar-refractivity contribution in [3.63, 3.8) is 0 Å². The summed E-state index contributed by atoms with van der Waals surface area (Å²) in [7, 11) is 0. The first-order valence-corrected chi connectivity index (χ1v) is 5.41. The van der Waals surface area contributed by atoms with E-state index < -0.39 is 11.9 Å². The number of carbonyl (C=O) groups is 2. The van der Waals surface area contributed by atoms with Crippen molar-refractivity contribution < 1.29 is 14.7 Å². The molecule has 0 unspecified atom stereocenters. The van der Waals surface area contributed by atoms with Crippen LogP contribution in [0.1, 0.15) is 15.9 Å². The van der Waals surface area contributed by atoms with Gasteiger partial charge in [-0.3, -0.25) is 4.79 Å². The molecule has 0 aliphatic rings. The lowest BCUT2D eigenvalue weighted by Gasteiger charge is -2.10. The van der Waals surface area contributed by atoms with E-state index in [-0.39, 0.29) is 17.8 Å². The van der Waals surface area contributed by atoms with E-state index in [4.69, 9.17) is 5.11 Å². The molecule has 0 saturated carbocycles. The largest absolute Gasteiger partial charge is 0.478 e. The summed E-state index contributed by atoms with van der Waals surface area (Å²) in [5, 5.41) is 22.0. The fourth-order valence-electron chi connectivity index (χ4n) is 1.65. The maximum atomic E-state index is 11.7. The van der Waals surface area contributed by atoms with Crippen LogP contribution < -0.4 is 5.32 Å². The van der Waals surface area contributed by atoms with E-state index in [1.54, 1.807) is 19.1 Å². The highest BCUT2D eigenvalue weighted by atomic mass is 16.4. The number of aryl methyl sites for hydroxylation is 1. The van der Waals surface area contributed by atoms with Crippen LogP contribution in [0, 0.1) is 6.92 Å². The molecule has 0 aliphatic heterocycles. The first kappa shape index (κ1) is 12.7. The van der Waals surface area contributed by atoms with Crippen LogP contribution in [0.4, 0.5) is 5.69 Å². The van der Waals surface area contributed by atoms with Gasteiger partial charge in [-0.15, -0.1) is 5.10 Å². The Balaban J connectivity index is 2.17. The Bertz CT molecular complexity index is 609. The van der Waals surface area contributed by atoms with Crippen molar-refractivity contribution in [1.29, 1.82) is 0 Å². The van der Waals surface area contributed by atoms with Crippen LogP contribution in [0.25, 0.3) is 0 Å². The predicted octanol–water partition coefficient (Wildman–Crippen LogP) is 0.318. The lowest BCUT2D eigenvalue weighted by atomic mass is 10.1. The van der Waals surface area contributed by atoms with Crippen LogP contribution in [0.15, 0.2) is 24.5 Å². The van der Waals surface area contributed by atoms with Crippen LogP contribution in [-0.4, -0.2) is 37.2 Å². The minimum absolute atomic E-state index is 0.0764. The fraction of sp³-hybridized carbons (Fsp3) is 0.182. The van der Waals surface area contributed by atoms with Gasteiger partial charge in [0.2, 0.25) is 5.91 Å². The van der Waals surface area contributed by atoms with Gasteiger partial charge in [0.25, 0.3) is 0 Å². The number of amides is 1. The average Bonchev–Trinajstić information content (AvgIpc) is 2.81. The molecule has 1 aromatic carbocycles. The van der Waals surface area contributed by atoms with Gasteiger partial charge in [-0.2, -0.15) is 0 Å². The summed E-state index contributed by atoms with van der Waals surface area (Å²) in [6.07, 6.45) is 1.30. The van der Waals surface area contributed by atoms with Gasteiger partial charge in [-0.05, 0) is 29.0 Å². The number of hydrogen-bond acceptors (Lipinski definition) is 5. The SMILES string of the molecule is Cc1cccc(NC(=O)Cn2cnnn2)c1C(=O)O. The van der Waals surface area contributed by atoms with Gasteiger partial charge in [0.05, 0.1) is 11.3 Å². The van der Waals surface area contributed by atoms with E-state index in [9.17, 15) is 9.59 Å². The van der Waals surface area contributed by atoms with Crippen LogP contribution >= 0.6 is 0 Å². The maximum absolute atomic E-state index is 11.7. The smallest absolute Gasteiger partial charge is 0.338 e. The normalized spacial score (nSPS) is 10.2. The number of anilines is 1. The number of aromatic carboxylic acids is 1. The quantitative estimate of drug-likeness (QED) is 0.820. The molecule has 0 radical (unpaired) electrons. The number of rotatable bonds is 4. The summed E-state index contributed by atoms with van der Waals surface area (Å²) < 4.78 is 1.24. The summed E-state index contributed by atoms with van der Waals surface area (Å²) in [6, 6.07) is 4.88. The number of carboxylic acids is 1. The van der Waals surface area contributed by atoms with E-state index in [1.807, 2.05) is 0 Å². The summed E-state index contributed by atoms with van der Waals surface area (Å²) in [6.45, 7) is 1.58. The van der Waals surface area contributed by atoms with Crippen LogP contribution in [0.3, 0.4) is 0 Å². The van der Waals surface area contributed by atoms with Crippen LogP contribution in [0.2, 0.25) is 0 Å². The average molecular weight is 261 g/mol. The van der Waals surface area contributed by atoms with Gasteiger partial charge in [-0.25, -0.2) is 9.48 Å². The molecule has 0 bridgehead atoms. The van der Waals surface area contributed by atoms with Gasteiger partial charge < -0.3 is 10.4 Å². The van der Waals surface area contributed by atoms with E-state index in [1.165, 1.54) is 17.1 Å². The van der Waals surface area contributed by atoms with E-state index >= 15 is 0 Å². The second kappa shape index (κ2) is 5.25. The standard InChI is InChI=1S/C11H11N5O3/c1-7-3-2-4-8(10(7)11(18)19)13-9(17)5-16-6-12-14-15-16/h2-4,6H,5H2,1H3,(H,13,17)(H,18,19). The molecule has 2 aromatic rings. The molecule has 19 heavy (non-hydrogen) atoms. The second-order valence-corrected chi connectivity index (χ2v) is 3.86. The summed E-state index contributed by atoms with van der Waals surface area (Å²) in [5.41, 5.74) is 0.908. The third-order valence-corrected chi connectivity index (χ3v) is 2.46. The van der Waals surface area contributed by atoms with Crippen molar-refractivity contribution in [2.45, 2.75) is 13.5 Å². The molecular formula is C11H11N5O3. The van der Waals surface area contributed by atoms with E-state index in [0.29, 0.717) is 5.56 Å². The highest BCUT2D eigenvalue weighted by Gasteiger charge is 2.15. The molecule has 2 N–H and O–H groups in total. The minimum atomic E-state index is -1.09. The Morgan fingerprint density at radius 1 is 1.42 bits per heavy atom. The third kappa shape index (κ3) is 2.92. The zero-order valence-electron chi connectivity index (χ0n) is 10.1. The number of tetrazole rings is 1. The molecule has 0 aliphatic carbocycles. The Labute approximate surface area is 108 Å². The molecule has 8 nitrogen and oxygen atoms in total. The molecule has 0 saturated heterocycles. The molecule has 1 amide bonds. The molecule has 1 heterocycles. The second-order valence-electron chi connectivity index (χ2n) is 3.86. The summed E-state index contributed by atoms with van der Waals surface area (Å²) in [4.78, 5) is 22.9. The number of benzene rings is 1. The summed E-state index contributed by atoms with van der Waals surface area (Å²) >= 11 is 0. The van der Waals surface area contributed by atoms with Crippen LogP contribution in [-0.2, 0) is 11.3 Å². The lowest BCUT2D eigenvalue weighted by Crippen LogP contribution is -2.21.